The molecule has 3 aromatic carbocycles. The molecule has 1 aliphatic heterocycles. The SMILES string of the molecule is Cc1ccc2c(c1)Oc1cc(N(C)C)ccc1C2([O-])c1ccccc1.[Li+]. The molecular formula is C22H20LiNO2. The fraction of sp³-hybridized carbons (Fsp3) is 0.182. The number of hydrogen-bond donors (Lipinski definition) is 0. The van der Waals surface area contributed by atoms with Gasteiger partial charge in [-0.15, -0.1) is 0 Å². The van der Waals surface area contributed by atoms with E-state index in [1.54, 1.807) is 0 Å². The quantitative estimate of drug-likeness (QED) is 0.650. The van der Waals surface area contributed by atoms with Crippen LogP contribution in [0.5, 0.6) is 11.5 Å². The van der Waals surface area contributed by atoms with Crippen LogP contribution in [0.3, 0.4) is 0 Å². The Hall–Kier alpha value is -2.18. The van der Waals surface area contributed by atoms with Gasteiger partial charge in [-0.25, -0.2) is 0 Å². The van der Waals surface area contributed by atoms with Crippen LogP contribution in [0.2, 0.25) is 0 Å². The standard InChI is InChI=1S/C22H20NO2.Li/c1-15-9-11-18-20(13-15)25-21-14-17(23(2)3)10-12-19(21)22(18,24)16-7-5-4-6-8-16;/h4-14H,1-3H3;/q-1;+1. The summed E-state index contributed by atoms with van der Waals surface area (Å²) in [6.45, 7) is 2.00. The summed E-state index contributed by atoms with van der Waals surface area (Å²) in [5.74, 6) is 1.27. The molecule has 0 fully saturated rings. The second-order valence-electron chi connectivity index (χ2n) is 6.72. The molecule has 0 aromatic heterocycles. The minimum atomic E-state index is -1.48. The maximum absolute atomic E-state index is 14.3. The number of anilines is 1. The molecule has 3 aromatic rings. The predicted octanol–water partition coefficient (Wildman–Crippen LogP) is 0.823. The Labute approximate surface area is 166 Å². The Bertz CT molecular complexity index is 940. The zero-order chi connectivity index (χ0) is 17.6. The van der Waals surface area contributed by atoms with Gasteiger partial charge in [0.2, 0.25) is 0 Å². The largest absolute Gasteiger partial charge is 1.00 e. The van der Waals surface area contributed by atoms with Gasteiger partial charge >= 0.3 is 18.9 Å². The molecule has 0 radical (unpaired) electrons. The second-order valence-corrected chi connectivity index (χ2v) is 6.72. The van der Waals surface area contributed by atoms with Gasteiger partial charge in [-0.2, -0.15) is 0 Å². The molecule has 0 spiro atoms. The van der Waals surface area contributed by atoms with Crippen molar-refractivity contribution in [3.8, 4) is 11.5 Å². The zero-order valence-electron chi connectivity index (χ0n) is 15.6. The third-order valence-corrected chi connectivity index (χ3v) is 4.78. The molecule has 0 bridgehead atoms. The van der Waals surface area contributed by atoms with Gasteiger partial charge in [0.25, 0.3) is 0 Å². The van der Waals surface area contributed by atoms with Crippen LogP contribution in [0.25, 0.3) is 0 Å². The van der Waals surface area contributed by atoms with Gasteiger partial charge < -0.3 is 14.7 Å². The molecule has 0 saturated carbocycles. The van der Waals surface area contributed by atoms with E-state index in [1.807, 2.05) is 92.6 Å². The number of nitrogens with zero attached hydrogens (tertiary/aromatic N) is 1. The van der Waals surface area contributed by atoms with Crippen molar-refractivity contribution in [1.29, 1.82) is 0 Å². The monoisotopic (exact) mass is 337 g/mol. The first-order valence-electron chi connectivity index (χ1n) is 8.37. The first kappa shape index (κ1) is 18.6. The molecule has 4 heteroatoms. The zero-order valence-corrected chi connectivity index (χ0v) is 15.6. The topological polar surface area (TPSA) is 35.5 Å². The summed E-state index contributed by atoms with van der Waals surface area (Å²) in [6.07, 6.45) is 0. The van der Waals surface area contributed by atoms with E-state index < -0.39 is 5.60 Å². The van der Waals surface area contributed by atoms with Crippen molar-refractivity contribution in [3.05, 3.63) is 89.0 Å². The van der Waals surface area contributed by atoms with Crippen molar-refractivity contribution >= 4 is 5.69 Å². The molecule has 1 aliphatic rings. The summed E-state index contributed by atoms with van der Waals surface area (Å²) in [6, 6.07) is 21.1. The smallest absolute Gasteiger partial charge is 0.839 e. The van der Waals surface area contributed by atoms with E-state index in [2.05, 4.69) is 0 Å². The predicted molar refractivity (Wildman–Crippen MR) is 98.3 cm³/mol. The Morgan fingerprint density at radius 3 is 2.12 bits per heavy atom. The van der Waals surface area contributed by atoms with Crippen LogP contribution >= 0.6 is 0 Å². The van der Waals surface area contributed by atoms with E-state index in [9.17, 15) is 5.11 Å². The van der Waals surface area contributed by atoms with Gasteiger partial charge in [0, 0.05) is 25.8 Å². The molecule has 3 nitrogen and oxygen atoms in total. The average molecular weight is 337 g/mol. The van der Waals surface area contributed by atoms with Gasteiger partial charge in [0.05, 0.1) is 0 Å². The molecule has 0 N–H and O–H groups in total. The van der Waals surface area contributed by atoms with Crippen LogP contribution in [-0.4, -0.2) is 14.1 Å². The van der Waals surface area contributed by atoms with Crippen molar-refractivity contribution in [1.82, 2.24) is 0 Å². The molecule has 1 unspecified atom stereocenters. The summed E-state index contributed by atoms with van der Waals surface area (Å²) in [4.78, 5) is 2.00. The minimum absolute atomic E-state index is 0. The summed E-state index contributed by atoms with van der Waals surface area (Å²) in [5, 5.41) is 14.3. The maximum Gasteiger partial charge on any atom is 1.00 e. The van der Waals surface area contributed by atoms with Crippen LogP contribution in [0.15, 0.2) is 66.7 Å². The van der Waals surface area contributed by atoms with Gasteiger partial charge in [0.1, 0.15) is 11.5 Å². The Morgan fingerprint density at radius 1 is 0.846 bits per heavy atom. The van der Waals surface area contributed by atoms with Crippen LogP contribution in [0, 0.1) is 6.92 Å². The van der Waals surface area contributed by atoms with Crippen molar-refractivity contribution in [3.63, 3.8) is 0 Å². The summed E-state index contributed by atoms with van der Waals surface area (Å²) >= 11 is 0. The number of fused-ring (bicyclic) bond motifs is 2. The normalized spacial score (nSPS) is 17.4. The van der Waals surface area contributed by atoms with Crippen LogP contribution < -0.4 is 33.6 Å². The number of rotatable bonds is 2. The molecule has 0 amide bonds. The van der Waals surface area contributed by atoms with Gasteiger partial charge in [-0.1, -0.05) is 48.5 Å². The molecular weight excluding hydrogens is 317 g/mol. The van der Waals surface area contributed by atoms with Gasteiger partial charge in [0.15, 0.2) is 0 Å². The number of hydrogen-bond acceptors (Lipinski definition) is 3. The first-order valence-corrected chi connectivity index (χ1v) is 8.37. The maximum atomic E-state index is 14.3. The summed E-state index contributed by atoms with van der Waals surface area (Å²) < 4.78 is 6.14. The number of aryl methyl sites for hydroxylation is 1. The molecule has 1 atom stereocenters. The van der Waals surface area contributed by atoms with Crippen molar-refractivity contribution in [2.45, 2.75) is 12.5 Å². The van der Waals surface area contributed by atoms with E-state index in [0.29, 0.717) is 22.6 Å². The molecule has 126 valence electrons. The fourth-order valence-electron chi connectivity index (χ4n) is 3.42. The van der Waals surface area contributed by atoms with E-state index in [4.69, 9.17) is 4.74 Å². The van der Waals surface area contributed by atoms with Crippen LogP contribution in [-0.2, 0) is 5.60 Å². The van der Waals surface area contributed by atoms with Gasteiger partial charge in [-0.3, -0.25) is 0 Å². The third kappa shape index (κ3) is 2.83. The van der Waals surface area contributed by atoms with E-state index >= 15 is 0 Å². The second kappa shape index (κ2) is 6.85. The Morgan fingerprint density at radius 2 is 1.46 bits per heavy atom. The average Bonchev–Trinajstić information content (AvgIpc) is 2.61. The summed E-state index contributed by atoms with van der Waals surface area (Å²) in [7, 11) is 3.95. The number of benzene rings is 3. The van der Waals surface area contributed by atoms with Crippen molar-refractivity contribution in [2.24, 2.45) is 0 Å². The fourth-order valence-corrected chi connectivity index (χ4v) is 3.42. The Balaban J connectivity index is 0.00000196. The molecule has 4 rings (SSSR count). The molecule has 0 saturated heterocycles. The van der Waals surface area contributed by atoms with Gasteiger partial charge in [-0.05, 0) is 46.9 Å². The number of ether oxygens (including phenoxy) is 1. The van der Waals surface area contributed by atoms with E-state index in [1.165, 1.54) is 0 Å². The van der Waals surface area contributed by atoms with E-state index in [-0.39, 0.29) is 18.9 Å². The molecule has 26 heavy (non-hydrogen) atoms. The minimum Gasteiger partial charge on any atom is -0.839 e. The van der Waals surface area contributed by atoms with Crippen molar-refractivity contribution in [2.75, 3.05) is 19.0 Å². The van der Waals surface area contributed by atoms with Crippen LogP contribution in [0.4, 0.5) is 5.69 Å². The summed E-state index contributed by atoms with van der Waals surface area (Å²) in [5.41, 5.74) is 2.63. The Kier molecular flexibility index (Phi) is 4.90. The third-order valence-electron chi connectivity index (χ3n) is 4.78. The molecule has 0 aliphatic carbocycles. The van der Waals surface area contributed by atoms with Crippen molar-refractivity contribution < 1.29 is 28.7 Å². The first-order chi connectivity index (χ1) is 12.0. The van der Waals surface area contributed by atoms with Crippen LogP contribution in [0.1, 0.15) is 22.3 Å². The molecule has 1 heterocycles. The van der Waals surface area contributed by atoms with E-state index in [0.717, 1.165) is 16.8 Å².